The van der Waals surface area contributed by atoms with Crippen LogP contribution in [0, 0.1) is 0 Å². The first-order valence-electron chi connectivity index (χ1n) is 5.09. The Bertz CT molecular complexity index is 547. The van der Waals surface area contributed by atoms with E-state index >= 15 is 0 Å². The molecular formula is C6H13NO11S2. The summed E-state index contributed by atoms with van der Waals surface area (Å²) in [5.41, 5.74) is -2.86. The number of aliphatic hydroxyl groups excluding tert-OH is 4. The molecule has 0 radical (unpaired) electrons. The molecule has 0 aliphatic carbocycles. The number of hydrogen-bond acceptors (Lipinski definition) is 10. The SMILES string of the molecule is [2H]OS(=O)(=O)C(O)[C@@H](O)[C@@H](O)[C@H](O)[C@H](C=O)NS(=O)(=O)O. The summed E-state index contributed by atoms with van der Waals surface area (Å²) < 4.78 is 61.6. The van der Waals surface area contributed by atoms with Crippen LogP contribution in [-0.4, -0.2) is 82.4 Å². The number of nitrogens with one attached hydrogen (secondary N) is 1. The monoisotopic (exact) mass is 340 g/mol. The zero-order valence-electron chi connectivity index (χ0n) is 10.5. The molecule has 0 rings (SSSR count). The van der Waals surface area contributed by atoms with E-state index in [1.807, 2.05) is 0 Å². The number of carbonyl (C=O) groups excluding carboxylic acids is 1. The summed E-state index contributed by atoms with van der Waals surface area (Å²) in [5, 5.41) is 37.3. The lowest BCUT2D eigenvalue weighted by molar-refractivity contribution is -0.121. The van der Waals surface area contributed by atoms with Crippen molar-refractivity contribution in [2.24, 2.45) is 0 Å². The van der Waals surface area contributed by atoms with Gasteiger partial charge in [-0.1, -0.05) is 0 Å². The highest BCUT2D eigenvalue weighted by atomic mass is 32.2. The van der Waals surface area contributed by atoms with E-state index in [1.54, 1.807) is 0 Å². The molecule has 1 unspecified atom stereocenters. The number of hydrogen-bond donors (Lipinski definition) is 7. The number of aldehydes is 1. The first-order valence-corrected chi connectivity index (χ1v) is 7.59. The van der Waals surface area contributed by atoms with Crippen molar-refractivity contribution in [3.8, 4) is 0 Å². The molecule has 12 nitrogen and oxygen atoms in total. The third-order valence-corrected chi connectivity index (χ3v) is 3.53. The average molecular weight is 340 g/mol. The normalized spacial score (nSPS) is 21.4. The van der Waals surface area contributed by atoms with Crippen LogP contribution in [-0.2, 0) is 25.2 Å². The highest BCUT2D eigenvalue weighted by Crippen LogP contribution is 2.11. The molecule has 0 heterocycles. The van der Waals surface area contributed by atoms with Gasteiger partial charge in [-0.15, -0.1) is 0 Å². The molecule has 20 heavy (non-hydrogen) atoms. The van der Waals surface area contributed by atoms with Crippen molar-refractivity contribution in [1.29, 1.82) is 1.43 Å². The molecule has 0 amide bonds. The molecule has 120 valence electrons. The third kappa shape index (κ3) is 5.73. The van der Waals surface area contributed by atoms with Crippen molar-refractivity contribution in [2.75, 3.05) is 0 Å². The molecule has 0 bridgehead atoms. The first-order chi connectivity index (χ1) is 9.37. The molecule has 0 aliphatic rings. The smallest absolute Gasteiger partial charge is 0.334 e. The second-order valence-electron chi connectivity index (χ2n) is 3.61. The van der Waals surface area contributed by atoms with Crippen LogP contribution in [0.15, 0.2) is 0 Å². The van der Waals surface area contributed by atoms with Crippen LogP contribution in [0.3, 0.4) is 0 Å². The Balaban J connectivity index is 5.13. The predicted molar refractivity (Wildman–Crippen MR) is 60.1 cm³/mol. The van der Waals surface area contributed by atoms with Gasteiger partial charge in [0.05, 0.1) is 0 Å². The van der Waals surface area contributed by atoms with Gasteiger partial charge in [0, 0.05) is 0 Å². The molecule has 0 spiro atoms. The zero-order valence-corrected chi connectivity index (χ0v) is 11.1. The van der Waals surface area contributed by atoms with E-state index in [0.29, 0.717) is 0 Å². The zero-order chi connectivity index (χ0) is 17.0. The van der Waals surface area contributed by atoms with Crippen molar-refractivity contribution in [3.05, 3.63) is 0 Å². The van der Waals surface area contributed by atoms with Gasteiger partial charge >= 0.3 is 10.3 Å². The van der Waals surface area contributed by atoms with E-state index in [-0.39, 0.29) is 6.29 Å². The second-order valence-corrected chi connectivity index (χ2v) is 6.26. The van der Waals surface area contributed by atoms with Crippen LogP contribution in [0.4, 0.5) is 0 Å². The van der Waals surface area contributed by atoms with Crippen LogP contribution < -0.4 is 4.72 Å². The van der Waals surface area contributed by atoms with E-state index in [2.05, 4.69) is 4.56 Å². The van der Waals surface area contributed by atoms with Crippen LogP contribution >= 0.6 is 0 Å². The molecule has 5 atom stereocenters. The molecule has 0 saturated carbocycles. The Morgan fingerprint density at radius 2 is 1.50 bits per heavy atom. The maximum Gasteiger partial charge on any atom is 0.334 e. The van der Waals surface area contributed by atoms with E-state index in [9.17, 15) is 36.9 Å². The van der Waals surface area contributed by atoms with Crippen LogP contribution in [0.1, 0.15) is 0 Å². The lowest BCUT2D eigenvalue weighted by Gasteiger charge is -2.27. The largest absolute Gasteiger partial charge is 0.388 e. The Morgan fingerprint density at radius 3 is 1.85 bits per heavy atom. The summed E-state index contributed by atoms with van der Waals surface area (Å²) in [6.07, 6.45) is -7.90. The molecule has 0 saturated heterocycles. The minimum atomic E-state index is -5.02. The summed E-state index contributed by atoms with van der Waals surface area (Å²) in [7, 11) is -9.98. The van der Waals surface area contributed by atoms with Gasteiger partial charge in [0.2, 0.25) is 6.87 Å². The van der Waals surface area contributed by atoms with Gasteiger partial charge < -0.3 is 25.2 Å². The summed E-state index contributed by atoms with van der Waals surface area (Å²) in [5.74, 6) is 0. The lowest BCUT2D eigenvalue weighted by atomic mass is 10.0. The molecule has 0 aromatic heterocycles. The van der Waals surface area contributed by atoms with Gasteiger partial charge in [0.15, 0.2) is 0 Å². The van der Waals surface area contributed by atoms with Gasteiger partial charge in [0.25, 0.3) is 10.1 Å². The van der Waals surface area contributed by atoms with E-state index in [0.717, 1.165) is 0 Å². The second kappa shape index (κ2) is 6.83. The van der Waals surface area contributed by atoms with E-state index in [1.165, 1.54) is 4.72 Å². The summed E-state index contributed by atoms with van der Waals surface area (Å²) in [6.45, 7) is 0. The topological polar surface area (TPSA) is 219 Å². The van der Waals surface area contributed by atoms with Crippen LogP contribution in [0.2, 0.25) is 0 Å². The van der Waals surface area contributed by atoms with Crippen molar-refractivity contribution in [3.63, 3.8) is 0 Å². The number of rotatable bonds is 9. The van der Waals surface area contributed by atoms with Gasteiger partial charge in [-0.25, -0.2) is 0 Å². The standard InChI is InChI=1S/C6H13NO11S2/c8-1-2(7-20(16,17)18)3(9)4(10)5(11)6(12)19(13,14)15/h1-7,9-12H,(H,13,14,15)(H,16,17,18)/t2-,3+,4-,5-,6?/m0/s1/i/hD. The summed E-state index contributed by atoms with van der Waals surface area (Å²) >= 11 is 0. The van der Waals surface area contributed by atoms with Crippen LogP contribution in [0.25, 0.3) is 1.43 Å². The average Bonchev–Trinajstić information content (AvgIpc) is 2.40. The fourth-order valence-electron chi connectivity index (χ4n) is 1.10. The Kier molecular flexibility index (Phi) is 5.92. The number of carbonyl (C=O) groups is 1. The number of aliphatic hydroxyl groups is 4. The van der Waals surface area contributed by atoms with Crippen molar-refractivity contribution in [2.45, 2.75) is 29.8 Å². The van der Waals surface area contributed by atoms with Gasteiger partial charge in [-0.2, -0.15) is 21.6 Å². The fraction of sp³-hybridized carbons (Fsp3) is 0.833. The third-order valence-electron chi connectivity index (χ3n) is 2.09. The Hall–Kier alpha value is -0.710. The highest BCUT2D eigenvalue weighted by molar-refractivity contribution is 7.86. The minimum absolute atomic E-state index is 0.268. The molecule has 0 aliphatic heterocycles. The van der Waals surface area contributed by atoms with Gasteiger partial charge in [-0.3, -0.25) is 9.11 Å². The molecule has 0 aromatic rings. The molecule has 0 fully saturated rings. The lowest BCUT2D eigenvalue weighted by Crippen LogP contribution is -2.55. The van der Waals surface area contributed by atoms with Gasteiger partial charge in [0.1, 0.15) is 30.6 Å². The highest BCUT2D eigenvalue weighted by Gasteiger charge is 2.40. The Morgan fingerprint density at radius 1 is 1.00 bits per heavy atom. The Labute approximate surface area is 114 Å². The fourth-order valence-corrected chi connectivity index (χ4v) is 2.15. The maximum absolute atomic E-state index is 10.9. The summed E-state index contributed by atoms with van der Waals surface area (Å²) in [4.78, 5) is 10.5. The van der Waals surface area contributed by atoms with Crippen LogP contribution in [0.5, 0.6) is 0 Å². The summed E-state index contributed by atoms with van der Waals surface area (Å²) in [6, 6.07) is -2.16. The molecule has 14 heteroatoms. The van der Waals surface area contributed by atoms with Crippen molar-refractivity contribution < 1.29 is 51.2 Å². The first kappa shape index (κ1) is 17.3. The maximum atomic E-state index is 10.9. The molecule has 0 aromatic carbocycles. The molecule has 7 N–H and O–H groups in total. The van der Waals surface area contributed by atoms with E-state index < -0.39 is 50.2 Å². The van der Waals surface area contributed by atoms with E-state index in [4.69, 9.17) is 11.1 Å². The predicted octanol–water partition coefficient (Wildman–Crippen LogP) is -4.76. The minimum Gasteiger partial charge on any atom is -0.388 e. The van der Waals surface area contributed by atoms with Crippen molar-refractivity contribution in [1.82, 2.24) is 4.72 Å². The quantitative estimate of drug-likeness (QED) is 0.156. The molecular weight excluding hydrogens is 326 g/mol. The van der Waals surface area contributed by atoms with Gasteiger partial charge in [-0.05, 0) is 0 Å². The van der Waals surface area contributed by atoms with Crippen molar-refractivity contribution >= 4 is 26.7 Å².